The van der Waals surface area contributed by atoms with Gasteiger partial charge in [-0.1, -0.05) is 19.1 Å². The van der Waals surface area contributed by atoms with Crippen LogP contribution in [0.5, 0.6) is 5.75 Å². The van der Waals surface area contributed by atoms with Crippen molar-refractivity contribution < 1.29 is 14.3 Å². The first-order valence-corrected chi connectivity index (χ1v) is 7.47. The Morgan fingerprint density at radius 3 is 2.67 bits per heavy atom. The molecule has 1 fully saturated rings. The molecule has 1 aromatic carbocycles. The maximum atomic E-state index is 12.3. The Kier molecular flexibility index (Phi) is 5.59. The van der Waals surface area contributed by atoms with E-state index in [2.05, 4.69) is 5.32 Å². The summed E-state index contributed by atoms with van der Waals surface area (Å²) < 4.78 is 10.8. The summed E-state index contributed by atoms with van der Waals surface area (Å²) >= 11 is 0. The van der Waals surface area contributed by atoms with Crippen molar-refractivity contribution in [3.05, 3.63) is 29.8 Å². The van der Waals surface area contributed by atoms with E-state index in [1.807, 2.05) is 31.2 Å². The van der Waals surface area contributed by atoms with Gasteiger partial charge in [0.1, 0.15) is 11.9 Å². The molecule has 3 atom stereocenters. The lowest BCUT2D eigenvalue weighted by molar-refractivity contribution is -0.132. The molecule has 0 radical (unpaired) electrons. The van der Waals surface area contributed by atoms with Gasteiger partial charge in [-0.3, -0.25) is 4.79 Å². The number of ether oxygens (including phenoxy) is 2. The molecule has 1 heterocycles. The minimum absolute atomic E-state index is 0.0102. The molecule has 0 saturated carbocycles. The number of nitrogens with two attached hydrogens (primary N) is 1. The highest BCUT2D eigenvalue weighted by molar-refractivity contribution is 5.81. The van der Waals surface area contributed by atoms with Gasteiger partial charge in [-0.2, -0.15) is 0 Å². The molecule has 5 heteroatoms. The molecule has 1 saturated heterocycles. The lowest BCUT2D eigenvalue weighted by Crippen LogP contribution is -2.37. The van der Waals surface area contributed by atoms with E-state index in [-0.39, 0.29) is 24.2 Å². The highest BCUT2D eigenvalue weighted by Gasteiger charge is 2.30. The van der Waals surface area contributed by atoms with Crippen LogP contribution in [0.3, 0.4) is 0 Å². The smallest absolute Gasteiger partial charge is 0.249 e. The van der Waals surface area contributed by atoms with Gasteiger partial charge in [-0.25, -0.2) is 0 Å². The maximum Gasteiger partial charge on any atom is 0.249 e. The largest absolute Gasteiger partial charge is 0.497 e. The van der Waals surface area contributed by atoms with Gasteiger partial charge in [0.2, 0.25) is 5.91 Å². The van der Waals surface area contributed by atoms with Crippen molar-refractivity contribution in [2.24, 2.45) is 5.73 Å². The molecule has 1 amide bonds. The summed E-state index contributed by atoms with van der Waals surface area (Å²) in [6, 6.07) is 7.75. The molecule has 0 aliphatic carbocycles. The van der Waals surface area contributed by atoms with Crippen LogP contribution in [0, 0.1) is 0 Å². The average Bonchev–Trinajstić information content (AvgIpc) is 3.01. The summed E-state index contributed by atoms with van der Waals surface area (Å²) in [6.07, 6.45) is 2.07. The first-order chi connectivity index (χ1) is 10.2. The van der Waals surface area contributed by atoms with Gasteiger partial charge in [0.05, 0.1) is 19.3 Å². The maximum absolute atomic E-state index is 12.3. The SMILES string of the molecule is CCC(NC(=O)C1CCC(CN)O1)c1ccc(OC)cc1. The van der Waals surface area contributed by atoms with Crippen LogP contribution in [0.2, 0.25) is 0 Å². The summed E-state index contributed by atoms with van der Waals surface area (Å²) in [5, 5.41) is 3.06. The standard InChI is InChI=1S/C16H24N2O3/c1-3-14(11-4-6-12(20-2)7-5-11)18-16(19)15-9-8-13(10-17)21-15/h4-7,13-15H,3,8-10,17H2,1-2H3,(H,18,19). The first kappa shape index (κ1) is 15.8. The Labute approximate surface area is 125 Å². The molecule has 0 spiro atoms. The van der Waals surface area contributed by atoms with Crippen LogP contribution >= 0.6 is 0 Å². The molecule has 116 valence electrons. The van der Waals surface area contributed by atoms with Crippen LogP contribution in [0.25, 0.3) is 0 Å². The molecule has 0 bridgehead atoms. The van der Waals surface area contributed by atoms with E-state index in [0.29, 0.717) is 6.54 Å². The number of nitrogens with one attached hydrogen (secondary N) is 1. The molecule has 1 aliphatic rings. The number of hydrogen-bond acceptors (Lipinski definition) is 4. The minimum Gasteiger partial charge on any atom is -0.497 e. The van der Waals surface area contributed by atoms with Gasteiger partial charge in [0.15, 0.2) is 0 Å². The summed E-state index contributed by atoms with van der Waals surface area (Å²) in [5.41, 5.74) is 6.64. The quantitative estimate of drug-likeness (QED) is 0.838. The Hall–Kier alpha value is -1.59. The number of amides is 1. The van der Waals surface area contributed by atoms with Crippen molar-refractivity contribution in [2.45, 2.75) is 44.4 Å². The average molecular weight is 292 g/mol. The fourth-order valence-corrected chi connectivity index (χ4v) is 2.59. The van der Waals surface area contributed by atoms with Crippen LogP contribution in [0.15, 0.2) is 24.3 Å². The van der Waals surface area contributed by atoms with Crippen molar-refractivity contribution in [3.63, 3.8) is 0 Å². The third kappa shape index (κ3) is 3.95. The molecule has 1 aromatic rings. The number of hydrogen-bond donors (Lipinski definition) is 2. The zero-order chi connectivity index (χ0) is 15.2. The fourth-order valence-electron chi connectivity index (χ4n) is 2.59. The van der Waals surface area contributed by atoms with Gasteiger partial charge in [-0.05, 0) is 37.0 Å². The molecular weight excluding hydrogens is 268 g/mol. The summed E-state index contributed by atoms with van der Waals surface area (Å²) in [7, 11) is 1.64. The summed E-state index contributed by atoms with van der Waals surface area (Å²) in [5.74, 6) is 0.762. The molecule has 0 aromatic heterocycles. The lowest BCUT2D eigenvalue weighted by atomic mass is 10.0. The number of benzene rings is 1. The zero-order valence-electron chi connectivity index (χ0n) is 12.7. The predicted molar refractivity (Wildman–Crippen MR) is 81.1 cm³/mol. The van der Waals surface area contributed by atoms with Crippen molar-refractivity contribution in [2.75, 3.05) is 13.7 Å². The van der Waals surface area contributed by atoms with Crippen molar-refractivity contribution in [1.82, 2.24) is 5.32 Å². The fraction of sp³-hybridized carbons (Fsp3) is 0.562. The van der Waals surface area contributed by atoms with Crippen LogP contribution in [0.1, 0.15) is 37.8 Å². The van der Waals surface area contributed by atoms with Gasteiger partial charge in [-0.15, -0.1) is 0 Å². The highest BCUT2D eigenvalue weighted by atomic mass is 16.5. The molecule has 5 nitrogen and oxygen atoms in total. The zero-order valence-corrected chi connectivity index (χ0v) is 12.7. The first-order valence-electron chi connectivity index (χ1n) is 7.47. The molecule has 21 heavy (non-hydrogen) atoms. The van der Waals surface area contributed by atoms with E-state index in [1.54, 1.807) is 7.11 Å². The van der Waals surface area contributed by atoms with Gasteiger partial charge in [0.25, 0.3) is 0 Å². The van der Waals surface area contributed by atoms with E-state index in [4.69, 9.17) is 15.2 Å². The molecule has 2 rings (SSSR count). The Morgan fingerprint density at radius 1 is 1.43 bits per heavy atom. The summed E-state index contributed by atoms with van der Waals surface area (Å²) in [4.78, 5) is 12.3. The second-order valence-corrected chi connectivity index (χ2v) is 5.30. The van der Waals surface area contributed by atoms with Crippen LogP contribution < -0.4 is 15.8 Å². The van der Waals surface area contributed by atoms with E-state index in [9.17, 15) is 4.79 Å². The highest BCUT2D eigenvalue weighted by Crippen LogP contribution is 2.23. The molecular formula is C16H24N2O3. The Morgan fingerprint density at radius 2 is 2.14 bits per heavy atom. The Balaban J connectivity index is 1.96. The van der Waals surface area contributed by atoms with E-state index >= 15 is 0 Å². The second-order valence-electron chi connectivity index (χ2n) is 5.30. The molecule has 1 aliphatic heterocycles. The van der Waals surface area contributed by atoms with Crippen molar-refractivity contribution in [1.29, 1.82) is 0 Å². The monoisotopic (exact) mass is 292 g/mol. The Bertz CT molecular complexity index is 461. The van der Waals surface area contributed by atoms with Crippen molar-refractivity contribution >= 4 is 5.91 Å². The second kappa shape index (κ2) is 7.43. The molecule has 3 unspecified atom stereocenters. The van der Waals surface area contributed by atoms with E-state index in [0.717, 1.165) is 30.6 Å². The van der Waals surface area contributed by atoms with Gasteiger partial charge >= 0.3 is 0 Å². The van der Waals surface area contributed by atoms with Gasteiger partial charge in [0, 0.05) is 6.54 Å². The predicted octanol–water partition coefficient (Wildman–Crippen LogP) is 1.77. The van der Waals surface area contributed by atoms with E-state index in [1.165, 1.54) is 0 Å². The van der Waals surface area contributed by atoms with Crippen LogP contribution in [-0.2, 0) is 9.53 Å². The number of carbonyl (C=O) groups excluding carboxylic acids is 1. The summed E-state index contributed by atoms with van der Waals surface area (Å²) in [6.45, 7) is 2.52. The topological polar surface area (TPSA) is 73.6 Å². The van der Waals surface area contributed by atoms with E-state index < -0.39 is 0 Å². The number of methoxy groups -OCH3 is 1. The van der Waals surface area contributed by atoms with Crippen LogP contribution in [-0.4, -0.2) is 31.8 Å². The van der Waals surface area contributed by atoms with Crippen molar-refractivity contribution in [3.8, 4) is 5.75 Å². The lowest BCUT2D eigenvalue weighted by Gasteiger charge is -2.20. The van der Waals surface area contributed by atoms with Crippen LogP contribution in [0.4, 0.5) is 0 Å². The molecule has 3 N–H and O–H groups in total. The van der Waals surface area contributed by atoms with Gasteiger partial charge < -0.3 is 20.5 Å². The number of rotatable bonds is 6. The minimum atomic E-state index is -0.370. The normalized spacial score (nSPS) is 22.8. The third-order valence-corrected chi connectivity index (χ3v) is 3.91. The number of carbonyl (C=O) groups is 1. The third-order valence-electron chi connectivity index (χ3n) is 3.91.